The van der Waals surface area contributed by atoms with E-state index in [2.05, 4.69) is 5.32 Å². The number of anilines is 1. The van der Waals surface area contributed by atoms with Crippen LogP contribution in [0.1, 0.15) is 21.7 Å². The highest BCUT2D eigenvalue weighted by molar-refractivity contribution is 7.89. The molecule has 1 amide bonds. The van der Waals surface area contributed by atoms with Gasteiger partial charge in [0.1, 0.15) is 0 Å². The molecule has 1 aromatic heterocycles. The zero-order chi connectivity index (χ0) is 21.9. The fraction of sp³-hybridized carbons (Fsp3) is 0.143. The van der Waals surface area contributed by atoms with Crippen LogP contribution >= 0.6 is 0 Å². The lowest BCUT2D eigenvalue weighted by Gasteiger charge is -2.10. The number of nitrogens with zero attached hydrogens (tertiary/aromatic N) is 1. The number of hydrogen-bond acceptors (Lipinski definition) is 5. The van der Waals surface area contributed by atoms with Gasteiger partial charge in [-0.2, -0.15) is 0 Å². The molecule has 1 heterocycles. The summed E-state index contributed by atoms with van der Waals surface area (Å²) >= 11 is 0. The Kier molecular flexibility index (Phi) is 6.04. The lowest BCUT2D eigenvalue weighted by Crippen LogP contribution is -2.21. The van der Waals surface area contributed by atoms with Gasteiger partial charge in [0.05, 0.1) is 10.5 Å². The molecule has 0 saturated carbocycles. The predicted molar refractivity (Wildman–Crippen MR) is 112 cm³/mol. The highest BCUT2D eigenvalue weighted by atomic mass is 32.2. The number of carbonyl (C=O) groups is 2. The van der Waals surface area contributed by atoms with Crippen molar-refractivity contribution in [2.75, 3.05) is 11.9 Å². The number of ether oxygens (including phenoxy) is 1. The van der Waals surface area contributed by atoms with Crippen molar-refractivity contribution in [1.82, 2.24) is 4.57 Å². The first-order chi connectivity index (χ1) is 14.2. The summed E-state index contributed by atoms with van der Waals surface area (Å²) < 4.78 is 29.6. The first-order valence-corrected chi connectivity index (χ1v) is 10.6. The van der Waals surface area contributed by atoms with Crippen molar-refractivity contribution in [3.8, 4) is 5.69 Å². The number of para-hydroxylation sites is 1. The monoisotopic (exact) mass is 427 g/mol. The van der Waals surface area contributed by atoms with Crippen LogP contribution in [0.5, 0.6) is 0 Å². The van der Waals surface area contributed by atoms with Gasteiger partial charge in [-0.3, -0.25) is 4.79 Å². The normalized spacial score (nSPS) is 11.2. The van der Waals surface area contributed by atoms with E-state index in [4.69, 9.17) is 9.88 Å². The van der Waals surface area contributed by atoms with Gasteiger partial charge in [-0.05, 0) is 56.3 Å². The molecule has 0 aliphatic heterocycles. The van der Waals surface area contributed by atoms with E-state index in [-0.39, 0.29) is 4.90 Å². The summed E-state index contributed by atoms with van der Waals surface area (Å²) in [6, 6.07) is 16.7. The van der Waals surface area contributed by atoms with Gasteiger partial charge in [-0.25, -0.2) is 18.4 Å². The summed E-state index contributed by atoms with van der Waals surface area (Å²) in [6.45, 7) is 3.21. The standard InChI is InChI=1S/C21H21N3O5S/c1-14-12-19(15(2)24(14)17-6-4-3-5-7-17)21(26)29-13-20(25)23-16-8-10-18(11-9-16)30(22,27)28/h3-12H,13H2,1-2H3,(H,23,25)(H2,22,27,28). The number of carbonyl (C=O) groups excluding carboxylic acids is 2. The second-order valence-electron chi connectivity index (χ2n) is 6.65. The summed E-state index contributed by atoms with van der Waals surface area (Å²) in [5.74, 6) is -1.16. The Morgan fingerprint density at radius 2 is 1.67 bits per heavy atom. The van der Waals surface area contributed by atoms with Crippen LogP contribution in [0.3, 0.4) is 0 Å². The Balaban J connectivity index is 1.64. The molecule has 0 fully saturated rings. The Morgan fingerprint density at radius 3 is 2.27 bits per heavy atom. The minimum absolute atomic E-state index is 0.0688. The van der Waals surface area contributed by atoms with E-state index in [0.717, 1.165) is 11.4 Å². The van der Waals surface area contributed by atoms with E-state index in [9.17, 15) is 18.0 Å². The van der Waals surface area contributed by atoms with Crippen LogP contribution in [0, 0.1) is 13.8 Å². The quantitative estimate of drug-likeness (QED) is 0.586. The number of nitrogens with two attached hydrogens (primary N) is 1. The highest BCUT2D eigenvalue weighted by Crippen LogP contribution is 2.21. The molecular weight excluding hydrogens is 406 g/mol. The molecular formula is C21H21N3O5S. The van der Waals surface area contributed by atoms with Gasteiger partial charge in [-0.15, -0.1) is 0 Å². The van der Waals surface area contributed by atoms with E-state index in [1.165, 1.54) is 24.3 Å². The van der Waals surface area contributed by atoms with Crippen LogP contribution in [0.15, 0.2) is 65.6 Å². The third kappa shape index (κ3) is 4.76. The Labute approximate surface area is 174 Å². The summed E-state index contributed by atoms with van der Waals surface area (Å²) in [5, 5.41) is 7.56. The first kappa shape index (κ1) is 21.3. The average molecular weight is 427 g/mol. The summed E-state index contributed by atoms with van der Waals surface area (Å²) in [4.78, 5) is 24.5. The summed E-state index contributed by atoms with van der Waals surface area (Å²) in [6.07, 6.45) is 0. The van der Waals surface area contributed by atoms with Gasteiger partial charge < -0.3 is 14.6 Å². The van der Waals surface area contributed by atoms with Gasteiger partial charge in [0, 0.05) is 22.8 Å². The molecule has 0 aliphatic rings. The van der Waals surface area contributed by atoms with Crippen LogP contribution in [-0.4, -0.2) is 31.5 Å². The number of rotatable bonds is 6. The van der Waals surface area contributed by atoms with Crippen LogP contribution in [0.4, 0.5) is 5.69 Å². The topological polar surface area (TPSA) is 120 Å². The zero-order valence-electron chi connectivity index (χ0n) is 16.5. The second-order valence-corrected chi connectivity index (χ2v) is 8.21. The Hall–Kier alpha value is -3.43. The lowest BCUT2D eigenvalue weighted by atomic mass is 10.2. The van der Waals surface area contributed by atoms with Gasteiger partial charge in [0.25, 0.3) is 5.91 Å². The smallest absolute Gasteiger partial charge is 0.340 e. The summed E-state index contributed by atoms with van der Waals surface area (Å²) in [7, 11) is -3.81. The minimum atomic E-state index is -3.81. The molecule has 3 aromatic rings. The van der Waals surface area contributed by atoms with Gasteiger partial charge in [0.2, 0.25) is 10.0 Å². The van der Waals surface area contributed by atoms with Gasteiger partial charge in [-0.1, -0.05) is 18.2 Å². The van der Waals surface area contributed by atoms with E-state index in [0.29, 0.717) is 16.9 Å². The molecule has 3 N–H and O–H groups in total. The van der Waals surface area contributed by atoms with Crippen molar-refractivity contribution in [2.24, 2.45) is 5.14 Å². The van der Waals surface area contributed by atoms with Crippen molar-refractivity contribution in [3.05, 3.63) is 77.6 Å². The highest BCUT2D eigenvalue weighted by Gasteiger charge is 2.19. The molecule has 0 spiro atoms. The van der Waals surface area contributed by atoms with Gasteiger partial charge >= 0.3 is 5.97 Å². The molecule has 156 valence electrons. The number of sulfonamides is 1. The maximum atomic E-state index is 12.5. The number of hydrogen-bond donors (Lipinski definition) is 2. The van der Waals surface area contributed by atoms with Crippen molar-refractivity contribution >= 4 is 27.6 Å². The van der Waals surface area contributed by atoms with Crippen LogP contribution < -0.4 is 10.5 Å². The third-order valence-corrected chi connectivity index (χ3v) is 5.40. The van der Waals surface area contributed by atoms with E-state index >= 15 is 0 Å². The molecule has 0 aliphatic carbocycles. The molecule has 2 aromatic carbocycles. The summed E-state index contributed by atoms with van der Waals surface area (Å²) in [5.41, 5.74) is 3.23. The molecule has 9 heteroatoms. The van der Waals surface area contributed by atoms with E-state index < -0.39 is 28.5 Å². The van der Waals surface area contributed by atoms with Crippen molar-refractivity contribution in [1.29, 1.82) is 0 Å². The molecule has 0 radical (unpaired) electrons. The largest absolute Gasteiger partial charge is 0.452 e. The van der Waals surface area contributed by atoms with Crippen LogP contribution in [0.2, 0.25) is 0 Å². The number of aryl methyl sites for hydroxylation is 1. The fourth-order valence-electron chi connectivity index (χ4n) is 3.08. The number of primary sulfonamides is 1. The molecule has 0 unspecified atom stereocenters. The van der Waals surface area contributed by atoms with Crippen molar-refractivity contribution in [3.63, 3.8) is 0 Å². The Morgan fingerprint density at radius 1 is 1.03 bits per heavy atom. The second kappa shape index (κ2) is 8.52. The lowest BCUT2D eigenvalue weighted by molar-refractivity contribution is -0.119. The van der Waals surface area contributed by atoms with E-state index in [1.54, 1.807) is 6.07 Å². The van der Waals surface area contributed by atoms with Crippen molar-refractivity contribution < 1.29 is 22.7 Å². The Bertz CT molecular complexity index is 1180. The molecule has 0 saturated heterocycles. The minimum Gasteiger partial charge on any atom is -0.452 e. The molecule has 0 bridgehead atoms. The zero-order valence-corrected chi connectivity index (χ0v) is 17.3. The third-order valence-electron chi connectivity index (χ3n) is 4.47. The predicted octanol–water partition coefficient (Wildman–Crippen LogP) is 2.54. The van der Waals surface area contributed by atoms with Crippen LogP contribution in [-0.2, 0) is 19.6 Å². The number of benzene rings is 2. The number of esters is 1. The van der Waals surface area contributed by atoms with Crippen molar-refractivity contribution in [2.45, 2.75) is 18.7 Å². The number of aromatic nitrogens is 1. The first-order valence-electron chi connectivity index (χ1n) is 9.01. The number of amides is 1. The maximum Gasteiger partial charge on any atom is 0.340 e. The molecule has 30 heavy (non-hydrogen) atoms. The van der Waals surface area contributed by atoms with Crippen LogP contribution in [0.25, 0.3) is 5.69 Å². The number of nitrogens with one attached hydrogen (secondary N) is 1. The molecule has 8 nitrogen and oxygen atoms in total. The maximum absolute atomic E-state index is 12.5. The molecule has 3 rings (SSSR count). The average Bonchev–Trinajstić information content (AvgIpc) is 3.00. The van der Waals surface area contributed by atoms with E-state index in [1.807, 2.05) is 48.7 Å². The fourth-order valence-corrected chi connectivity index (χ4v) is 3.59. The van der Waals surface area contributed by atoms with Gasteiger partial charge in [0.15, 0.2) is 6.61 Å². The SMILES string of the molecule is Cc1cc(C(=O)OCC(=O)Nc2ccc(S(N)(=O)=O)cc2)c(C)n1-c1ccccc1. The molecule has 0 atom stereocenters.